The maximum absolute atomic E-state index is 12.7. The summed E-state index contributed by atoms with van der Waals surface area (Å²) in [5.41, 5.74) is 0.547. The molecular weight excluding hydrogens is 335 g/mol. The van der Waals surface area contributed by atoms with Crippen LogP contribution < -0.4 is 0 Å². The van der Waals surface area contributed by atoms with Gasteiger partial charge in [0.2, 0.25) is 0 Å². The fraction of sp³-hybridized carbons (Fsp3) is 0.588. The van der Waals surface area contributed by atoms with Crippen LogP contribution in [0.4, 0.5) is 0 Å². The van der Waals surface area contributed by atoms with Gasteiger partial charge in [0.1, 0.15) is 0 Å². The van der Waals surface area contributed by atoms with Crippen molar-refractivity contribution < 1.29 is 9.90 Å². The Labute approximate surface area is 148 Å². The molecule has 6 heteroatoms. The summed E-state index contributed by atoms with van der Waals surface area (Å²) in [5, 5.41) is 11.7. The number of carbonyl (C=O) groups excluding carboxylic acids is 1. The lowest BCUT2D eigenvalue weighted by Gasteiger charge is -2.30. The molecule has 0 bridgehead atoms. The summed E-state index contributed by atoms with van der Waals surface area (Å²) < 4.78 is 0. The molecule has 1 heterocycles. The summed E-state index contributed by atoms with van der Waals surface area (Å²) in [4.78, 5) is 16.5. The van der Waals surface area contributed by atoms with Gasteiger partial charge in [-0.05, 0) is 58.0 Å². The number of amides is 1. The van der Waals surface area contributed by atoms with Crippen LogP contribution in [0, 0.1) is 6.92 Å². The maximum atomic E-state index is 12.7. The SMILES string of the molecule is Cc1c(Cl)cc(C(=O)N2CCCC(O)(CN(C)C)CC2)cc1Cl. The smallest absolute Gasteiger partial charge is 0.253 e. The number of aliphatic hydroxyl groups is 1. The highest BCUT2D eigenvalue weighted by Gasteiger charge is 2.32. The van der Waals surface area contributed by atoms with Crippen LogP contribution in [0.25, 0.3) is 0 Å². The van der Waals surface area contributed by atoms with Crippen molar-refractivity contribution in [3.05, 3.63) is 33.3 Å². The summed E-state index contributed by atoms with van der Waals surface area (Å²) in [7, 11) is 3.89. The zero-order valence-electron chi connectivity index (χ0n) is 13.9. The van der Waals surface area contributed by atoms with Crippen molar-refractivity contribution in [2.24, 2.45) is 0 Å². The van der Waals surface area contributed by atoms with Crippen LogP contribution in [0.1, 0.15) is 35.2 Å². The molecule has 4 nitrogen and oxygen atoms in total. The van der Waals surface area contributed by atoms with Gasteiger partial charge in [0, 0.05) is 35.2 Å². The number of hydrogen-bond acceptors (Lipinski definition) is 3. The van der Waals surface area contributed by atoms with Gasteiger partial charge in [0.15, 0.2) is 0 Å². The third-order valence-corrected chi connectivity index (χ3v) is 5.13. The quantitative estimate of drug-likeness (QED) is 0.901. The first kappa shape index (κ1) is 18.5. The highest BCUT2D eigenvalue weighted by molar-refractivity contribution is 6.36. The minimum Gasteiger partial charge on any atom is -0.388 e. The van der Waals surface area contributed by atoms with Gasteiger partial charge < -0.3 is 14.9 Å². The Balaban J connectivity index is 2.12. The predicted octanol–water partition coefficient (Wildman–Crippen LogP) is 3.22. The molecule has 1 amide bonds. The molecule has 0 aliphatic carbocycles. The van der Waals surface area contributed by atoms with Gasteiger partial charge in [-0.2, -0.15) is 0 Å². The normalized spacial score (nSPS) is 22.3. The fourth-order valence-electron chi connectivity index (χ4n) is 3.08. The summed E-state index contributed by atoms with van der Waals surface area (Å²) >= 11 is 12.3. The molecule has 1 N–H and O–H groups in total. The van der Waals surface area contributed by atoms with Crippen molar-refractivity contribution in [3.63, 3.8) is 0 Å². The molecule has 1 aromatic carbocycles. The molecule has 0 radical (unpaired) electrons. The minimum atomic E-state index is -0.735. The standard InChI is InChI=1S/C17H24Cl2N2O2/c1-12-14(18)9-13(10-15(12)19)16(22)21-7-4-5-17(23,6-8-21)11-20(2)3/h9-10,23H,4-8,11H2,1-3H3. The Morgan fingerprint density at radius 1 is 1.26 bits per heavy atom. The van der Waals surface area contributed by atoms with Crippen molar-refractivity contribution in [2.45, 2.75) is 31.8 Å². The molecule has 0 aromatic heterocycles. The van der Waals surface area contributed by atoms with Crippen molar-refractivity contribution in [2.75, 3.05) is 33.7 Å². The van der Waals surface area contributed by atoms with E-state index in [4.69, 9.17) is 23.2 Å². The highest BCUT2D eigenvalue weighted by atomic mass is 35.5. The number of benzene rings is 1. The van der Waals surface area contributed by atoms with Crippen molar-refractivity contribution in [1.29, 1.82) is 0 Å². The summed E-state index contributed by atoms with van der Waals surface area (Å²) in [6.45, 7) is 3.60. The molecule has 23 heavy (non-hydrogen) atoms. The monoisotopic (exact) mass is 358 g/mol. The molecule has 1 aromatic rings. The first-order chi connectivity index (χ1) is 10.7. The Hall–Kier alpha value is -0.810. The molecule has 0 spiro atoms. The Kier molecular flexibility index (Phi) is 5.95. The molecule has 128 valence electrons. The minimum absolute atomic E-state index is 0.0806. The summed E-state index contributed by atoms with van der Waals surface area (Å²) in [6, 6.07) is 3.34. The first-order valence-corrected chi connectivity index (χ1v) is 8.59. The third kappa shape index (κ3) is 4.60. The lowest BCUT2D eigenvalue weighted by atomic mass is 9.94. The van der Waals surface area contributed by atoms with E-state index in [2.05, 4.69) is 0 Å². The van der Waals surface area contributed by atoms with Gasteiger partial charge in [0.25, 0.3) is 5.91 Å². The van der Waals surface area contributed by atoms with Crippen LogP contribution in [0.5, 0.6) is 0 Å². The van der Waals surface area contributed by atoms with E-state index in [9.17, 15) is 9.90 Å². The largest absolute Gasteiger partial charge is 0.388 e. The van der Waals surface area contributed by atoms with Crippen LogP contribution in [0.2, 0.25) is 10.0 Å². The van der Waals surface area contributed by atoms with E-state index >= 15 is 0 Å². The average Bonchev–Trinajstić information content (AvgIpc) is 2.64. The van der Waals surface area contributed by atoms with Crippen LogP contribution in [0.3, 0.4) is 0 Å². The first-order valence-electron chi connectivity index (χ1n) is 7.84. The van der Waals surface area contributed by atoms with E-state index in [1.165, 1.54) is 0 Å². The number of halogens is 2. The molecule has 1 atom stereocenters. The van der Waals surface area contributed by atoms with E-state index in [1.54, 1.807) is 17.0 Å². The Bertz CT molecular complexity index is 569. The Morgan fingerprint density at radius 2 is 1.87 bits per heavy atom. The van der Waals surface area contributed by atoms with Gasteiger partial charge in [0.05, 0.1) is 5.60 Å². The van der Waals surface area contributed by atoms with E-state index < -0.39 is 5.60 Å². The molecule has 1 unspecified atom stereocenters. The average molecular weight is 359 g/mol. The molecule has 2 rings (SSSR count). The third-order valence-electron chi connectivity index (χ3n) is 4.34. The van der Waals surface area contributed by atoms with Gasteiger partial charge in [-0.25, -0.2) is 0 Å². The van der Waals surface area contributed by atoms with E-state index in [1.807, 2.05) is 25.9 Å². The predicted molar refractivity (Wildman–Crippen MR) is 94.5 cm³/mol. The lowest BCUT2D eigenvalue weighted by Crippen LogP contribution is -2.41. The zero-order chi connectivity index (χ0) is 17.2. The number of rotatable bonds is 3. The number of hydrogen-bond donors (Lipinski definition) is 1. The van der Waals surface area contributed by atoms with Gasteiger partial charge >= 0.3 is 0 Å². The van der Waals surface area contributed by atoms with Gasteiger partial charge in [-0.1, -0.05) is 23.2 Å². The fourth-order valence-corrected chi connectivity index (χ4v) is 3.57. The summed E-state index contributed by atoms with van der Waals surface area (Å²) in [6.07, 6.45) is 2.05. The van der Waals surface area contributed by atoms with Crippen LogP contribution in [-0.4, -0.2) is 60.1 Å². The lowest BCUT2D eigenvalue weighted by molar-refractivity contribution is 0.00305. The summed E-state index contributed by atoms with van der Waals surface area (Å²) in [5.74, 6) is -0.0806. The topological polar surface area (TPSA) is 43.8 Å². The van der Waals surface area contributed by atoms with Crippen molar-refractivity contribution >= 4 is 29.1 Å². The molecule has 1 fully saturated rings. The van der Waals surface area contributed by atoms with E-state index in [-0.39, 0.29) is 5.91 Å². The number of nitrogens with zero attached hydrogens (tertiary/aromatic N) is 2. The van der Waals surface area contributed by atoms with Crippen LogP contribution >= 0.6 is 23.2 Å². The zero-order valence-corrected chi connectivity index (χ0v) is 15.4. The van der Waals surface area contributed by atoms with Gasteiger partial charge in [-0.15, -0.1) is 0 Å². The van der Waals surface area contributed by atoms with E-state index in [0.29, 0.717) is 48.1 Å². The second-order valence-corrected chi connectivity index (χ2v) is 7.49. The van der Waals surface area contributed by atoms with Gasteiger partial charge in [-0.3, -0.25) is 4.79 Å². The molecule has 1 aliphatic heterocycles. The van der Waals surface area contributed by atoms with E-state index in [0.717, 1.165) is 12.0 Å². The van der Waals surface area contributed by atoms with Crippen molar-refractivity contribution in [1.82, 2.24) is 9.80 Å². The molecular formula is C17H24Cl2N2O2. The highest BCUT2D eigenvalue weighted by Crippen LogP contribution is 2.28. The van der Waals surface area contributed by atoms with Crippen molar-refractivity contribution in [3.8, 4) is 0 Å². The van der Waals surface area contributed by atoms with Crippen LogP contribution in [0.15, 0.2) is 12.1 Å². The number of carbonyl (C=O) groups is 1. The molecule has 1 saturated heterocycles. The second kappa shape index (κ2) is 7.39. The second-order valence-electron chi connectivity index (χ2n) is 6.67. The number of likely N-dealkylation sites (N-methyl/N-ethyl adjacent to an activating group) is 1. The maximum Gasteiger partial charge on any atom is 0.253 e. The molecule has 1 aliphatic rings. The van der Waals surface area contributed by atoms with Crippen LogP contribution in [-0.2, 0) is 0 Å². The number of likely N-dealkylation sites (tertiary alicyclic amines) is 1. The molecule has 0 saturated carbocycles. The Morgan fingerprint density at radius 3 is 2.43 bits per heavy atom.